The van der Waals surface area contributed by atoms with Crippen molar-refractivity contribution in [1.82, 2.24) is 14.7 Å². The van der Waals surface area contributed by atoms with E-state index in [-0.39, 0.29) is 0 Å². The standard InChI is InChI=1S/C24H41N3/c1-16(2)26-7-4-6-24(15-26)11-20(24)9-17(3)27-8-5-21-22(23(21)27)14-25-12-18-10-19(18)13-25/h16-23H,4-15H2,1-3H3. The lowest BCUT2D eigenvalue weighted by molar-refractivity contribution is 0.111. The predicted molar refractivity (Wildman–Crippen MR) is 111 cm³/mol. The molecule has 0 amide bonds. The van der Waals surface area contributed by atoms with Crippen LogP contribution in [0, 0.1) is 35.0 Å². The number of nitrogens with zero attached hydrogens (tertiary/aromatic N) is 3. The van der Waals surface area contributed by atoms with Crippen LogP contribution in [0.2, 0.25) is 0 Å². The minimum Gasteiger partial charge on any atom is -0.302 e. The van der Waals surface area contributed by atoms with Gasteiger partial charge in [0.05, 0.1) is 0 Å². The third-order valence-corrected chi connectivity index (χ3v) is 9.83. The number of likely N-dealkylation sites (tertiary alicyclic amines) is 3. The summed E-state index contributed by atoms with van der Waals surface area (Å²) >= 11 is 0. The van der Waals surface area contributed by atoms with Gasteiger partial charge in [0, 0.05) is 44.3 Å². The van der Waals surface area contributed by atoms with Crippen molar-refractivity contribution >= 4 is 0 Å². The third-order valence-electron chi connectivity index (χ3n) is 9.83. The fourth-order valence-electron chi connectivity index (χ4n) is 7.90. The average molecular weight is 372 g/mol. The maximum Gasteiger partial charge on any atom is 0.0174 e. The maximum absolute atomic E-state index is 2.96. The van der Waals surface area contributed by atoms with E-state index in [1.54, 1.807) is 6.42 Å². The Morgan fingerprint density at radius 2 is 1.89 bits per heavy atom. The monoisotopic (exact) mass is 371 g/mol. The van der Waals surface area contributed by atoms with Crippen molar-refractivity contribution in [3.05, 3.63) is 0 Å². The molecule has 0 aromatic carbocycles. The van der Waals surface area contributed by atoms with Gasteiger partial charge in [-0.05, 0) is 107 Å². The van der Waals surface area contributed by atoms with Gasteiger partial charge in [0.2, 0.25) is 0 Å². The Labute approximate surface area is 166 Å². The Balaban J connectivity index is 1.01. The topological polar surface area (TPSA) is 9.72 Å². The first-order chi connectivity index (χ1) is 13.0. The molecular formula is C24H41N3. The molecule has 3 aliphatic heterocycles. The van der Waals surface area contributed by atoms with E-state index in [1.165, 1.54) is 71.4 Å². The van der Waals surface area contributed by atoms with Crippen molar-refractivity contribution in [3.8, 4) is 0 Å². The van der Waals surface area contributed by atoms with Crippen LogP contribution in [0.15, 0.2) is 0 Å². The molecule has 1 spiro atoms. The van der Waals surface area contributed by atoms with E-state index < -0.39 is 0 Å². The highest BCUT2D eigenvalue weighted by Gasteiger charge is 2.61. The van der Waals surface area contributed by atoms with Crippen LogP contribution >= 0.6 is 0 Å². The number of rotatable bonds is 6. The minimum atomic E-state index is 0.718. The third kappa shape index (κ3) is 3.02. The lowest BCUT2D eigenvalue weighted by Gasteiger charge is -2.37. The smallest absolute Gasteiger partial charge is 0.0174 e. The Hall–Kier alpha value is -0.120. The van der Waals surface area contributed by atoms with Gasteiger partial charge in [0.1, 0.15) is 0 Å². The summed E-state index contributed by atoms with van der Waals surface area (Å²) in [6.45, 7) is 15.8. The Bertz CT molecular complexity index is 580. The van der Waals surface area contributed by atoms with E-state index in [0.29, 0.717) is 0 Å². The average Bonchev–Trinajstić information content (AvgIpc) is 3.56. The SMILES string of the molecule is CC(C)N1CCCC2(CC2CC(C)N2CCC3C(CN4CC5CC5C4)C32)C1. The van der Waals surface area contributed by atoms with Crippen molar-refractivity contribution in [3.63, 3.8) is 0 Å². The molecule has 0 N–H and O–H groups in total. The summed E-state index contributed by atoms with van der Waals surface area (Å²) in [7, 11) is 0. The largest absolute Gasteiger partial charge is 0.302 e. The maximum atomic E-state index is 2.96. The van der Waals surface area contributed by atoms with Gasteiger partial charge in [-0.15, -0.1) is 0 Å². The zero-order chi connectivity index (χ0) is 18.3. The second-order valence-corrected chi connectivity index (χ2v) is 11.8. The molecule has 3 saturated heterocycles. The van der Waals surface area contributed by atoms with Crippen LogP contribution in [0.5, 0.6) is 0 Å². The molecular weight excluding hydrogens is 330 g/mol. The first-order valence-corrected chi connectivity index (χ1v) is 12.3. The number of hydrogen-bond acceptors (Lipinski definition) is 3. The van der Waals surface area contributed by atoms with Crippen LogP contribution in [-0.4, -0.2) is 72.1 Å². The molecule has 3 saturated carbocycles. The van der Waals surface area contributed by atoms with Gasteiger partial charge in [-0.1, -0.05) is 0 Å². The van der Waals surface area contributed by atoms with Crippen LogP contribution < -0.4 is 0 Å². The normalized spacial score (nSPS) is 50.2. The van der Waals surface area contributed by atoms with Crippen LogP contribution in [0.3, 0.4) is 0 Å². The zero-order valence-electron chi connectivity index (χ0n) is 17.9. The predicted octanol–water partition coefficient (Wildman–Crippen LogP) is 3.55. The summed E-state index contributed by atoms with van der Waals surface area (Å²) in [5.41, 5.74) is 0.718. The highest BCUT2D eigenvalue weighted by Crippen LogP contribution is 2.61. The molecule has 6 aliphatic rings. The second-order valence-electron chi connectivity index (χ2n) is 11.8. The summed E-state index contributed by atoms with van der Waals surface area (Å²) in [5, 5.41) is 0. The summed E-state index contributed by atoms with van der Waals surface area (Å²) < 4.78 is 0. The summed E-state index contributed by atoms with van der Waals surface area (Å²) in [6.07, 6.45) is 9.01. The van der Waals surface area contributed by atoms with Gasteiger partial charge in [0.25, 0.3) is 0 Å². The molecule has 3 aliphatic carbocycles. The molecule has 6 fully saturated rings. The van der Waals surface area contributed by atoms with Crippen LogP contribution in [-0.2, 0) is 0 Å². The molecule has 0 aromatic rings. The van der Waals surface area contributed by atoms with Gasteiger partial charge < -0.3 is 9.80 Å². The molecule has 27 heavy (non-hydrogen) atoms. The fraction of sp³-hybridized carbons (Fsp3) is 1.00. The first kappa shape index (κ1) is 17.7. The number of piperidine rings is 3. The van der Waals surface area contributed by atoms with Crippen molar-refractivity contribution < 1.29 is 0 Å². The summed E-state index contributed by atoms with van der Waals surface area (Å²) in [5.74, 6) is 5.31. The van der Waals surface area contributed by atoms with E-state index >= 15 is 0 Å². The number of fused-ring (bicyclic) bond motifs is 2. The molecule has 3 heterocycles. The molecule has 3 heteroatoms. The molecule has 152 valence electrons. The molecule has 0 radical (unpaired) electrons. The lowest BCUT2D eigenvalue weighted by atomic mass is 9.89. The zero-order valence-corrected chi connectivity index (χ0v) is 17.9. The molecule has 6 rings (SSSR count). The van der Waals surface area contributed by atoms with Crippen LogP contribution in [0.1, 0.15) is 59.3 Å². The van der Waals surface area contributed by atoms with Gasteiger partial charge in [-0.2, -0.15) is 0 Å². The quantitative estimate of drug-likeness (QED) is 0.707. The molecule has 3 nitrogen and oxygen atoms in total. The van der Waals surface area contributed by atoms with Crippen molar-refractivity contribution in [2.75, 3.05) is 39.3 Å². The van der Waals surface area contributed by atoms with Gasteiger partial charge in [0.15, 0.2) is 0 Å². The fourth-order valence-corrected chi connectivity index (χ4v) is 7.90. The summed E-state index contributed by atoms with van der Waals surface area (Å²) in [6, 6.07) is 2.53. The summed E-state index contributed by atoms with van der Waals surface area (Å²) in [4.78, 5) is 8.54. The highest BCUT2D eigenvalue weighted by molar-refractivity contribution is 5.13. The van der Waals surface area contributed by atoms with E-state index in [1.807, 2.05) is 0 Å². The Kier molecular flexibility index (Phi) is 4.06. The van der Waals surface area contributed by atoms with Gasteiger partial charge >= 0.3 is 0 Å². The molecule has 8 unspecified atom stereocenters. The first-order valence-electron chi connectivity index (χ1n) is 12.3. The van der Waals surface area contributed by atoms with E-state index in [2.05, 4.69) is 35.5 Å². The second kappa shape index (κ2) is 6.19. The molecule has 0 bridgehead atoms. The van der Waals surface area contributed by atoms with E-state index in [0.717, 1.165) is 53.1 Å². The van der Waals surface area contributed by atoms with Gasteiger partial charge in [-0.25, -0.2) is 0 Å². The van der Waals surface area contributed by atoms with Gasteiger partial charge in [-0.3, -0.25) is 4.90 Å². The van der Waals surface area contributed by atoms with Crippen LogP contribution in [0.4, 0.5) is 0 Å². The lowest BCUT2D eigenvalue weighted by Crippen LogP contribution is -2.42. The molecule has 8 atom stereocenters. The van der Waals surface area contributed by atoms with E-state index in [9.17, 15) is 0 Å². The molecule has 0 aromatic heterocycles. The van der Waals surface area contributed by atoms with Crippen molar-refractivity contribution in [2.45, 2.75) is 77.4 Å². The number of hydrogen-bond donors (Lipinski definition) is 0. The minimum absolute atomic E-state index is 0.718. The Morgan fingerprint density at radius 1 is 1.07 bits per heavy atom. The van der Waals surface area contributed by atoms with E-state index in [4.69, 9.17) is 0 Å². The van der Waals surface area contributed by atoms with Crippen molar-refractivity contribution in [2.24, 2.45) is 35.0 Å². The highest BCUT2D eigenvalue weighted by atomic mass is 15.3. The Morgan fingerprint density at radius 3 is 2.67 bits per heavy atom. The van der Waals surface area contributed by atoms with Crippen LogP contribution in [0.25, 0.3) is 0 Å². The van der Waals surface area contributed by atoms with Crippen molar-refractivity contribution in [1.29, 1.82) is 0 Å².